The summed E-state index contributed by atoms with van der Waals surface area (Å²) in [6, 6.07) is 9.03. The SMILES string of the molecule is Cc1ccc(C2CCCC(C)(N)CC2)cc1. The molecule has 16 heavy (non-hydrogen) atoms. The van der Waals surface area contributed by atoms with Gasteiger partial charge in [0.2, 0.25) is 0 Å². The van der Waals surface area contributed by atoms with Crippen LogP contribution in [-0.2, 0) is 0 Å². The van der Waals surface area contributed by atoms with E-state index in [0.29, 0.717) is 0 Å². The fourth-order valence-electron chi connectivity index (χ4n) is 2.70. The van der Waals surface area contributed by atoms with E-state index in [-0.39, 0.29) is 5.54 Å². The Hall–Kier alpha value is -0.820. The van der Waals surface area contributed by atoms with E-state index >= 15 is 0 Å². The van der Waals surface area contributed by atoms with Crippen LogP contribution in [0.4, 0.5) is 0 Å². The maximum absolute atomic E-state index is 6.24. The van der Waals surface area contributed by atoms with Crippen LogP contribution in [-0.4, -0.2) is 5.54 Å². The van der Waals surface area contributed by atoms with Gasteiger partial charge in [-0.15, -0.1) is 0 Å². The van der Waals surface area contributed by atoms with Gasteiger partial charge in [-0.2, -0.15) is 0 Å². The molecule has 2 unspecified atom stereocenters. The van der Waals surface area contributed by atoms with E-state index in [1.807, 2.05) is 0 Å². The third kappa shape index (κ3) is 2.85. The van der Waals surface area contributed by atoms with Crippen LogP contribution in [0.15, 0.2) is 24.3 Å². The lowest BCUT2D eigenvalue weighted by Gasteiger charge is -2.22. The number of benzene rings is 1. The molecule has 1 nitrogen and oxygen atoms in total. The third-order valence-corrected chi connectivity index (χ3v) is 3.91. The first kappa shape index (κ1) is 11.7. The van der Waals surface area contributed by atoms with Gasteiger partial charge in [-0.25, -0.2) is 0 Å². The quantitative estimate of drug-likeness (QED) is 0.712. The number of aryl methyl sites for hydroxylation is 1. The topological polar surface area (TPSA) is 26.0 Å². The predicted molar refractivity (Wildman–Crippen MR) is 69.6 cm³/mol. The summed E-state index contributed by atoms with van der Waals surface area (Å²) in [5, 5.41) is 0. The molecular weight excluding hydrogens is 194 g/mol. The maximum Gasteiger partial charge on any atom is 0.0126 e. The molecule has 0 spiro atoms. The average molecular weight is 217 g/mol. The fraction of sp³-hybridized carbons (Fsp3) is 0.600. The summed E-state index contributed by atoms with van der Waals surface area (Å²) in [5.41, 5.74) is 9.16. The van der Waals surface area contributed by atoms with Gasteiger partial charge in [-0.3, -0.25) is 0 Å². The first-order valence-electron chi connectivity index (χ1n) is 6.42. The maximum atomic E-state index is 6.24. The molecule has 2 N–H and O–H groups in total. The molecule has 0 amide bonds. The molecule has 1 aromatic carbocycles. The van der Waals surface area contributed by atoms with Gasteiger partial charge in [0.1, 0.15) is 0 Å². The highest BCUT2D eigenvalue weighted by Crippen LogP contribution is 2.34. The highest BCUT2D eigenvalue weighted by Gasteiger charge is 2.25. The van der Waals surface area contributed by atoms with Crippen molar-refractivity contribution in [2.45, 2.75) is 57.4 Å². The summed E-state index contributed by atoms with van der Waals surface area (Å²) < 4.78 is 0. The minimum atomic E-state index is 0.0689. The summed E-state index contributed by atoms with van der Waals surface area (Å²) >= 11 is 0. The first-order valence-corrected chi connectivity index (χ1v) is 6.42. The highest BCUT2D eigenvalue weighted by molar-refractivity contribution is 5.24. The summed E-state index contributed by atoms with van der Waals surface area (Å²) in [6.07, 6.45) is 6.15. The minimum absolute atomic E-state index is 0.0689. The second-order valence-electron chi connectivity index (χ2n) is 5.69. The monoisotopic (exact) mass is 217 g/mol. The lowest BCUT2D eigenvalue weighted by Crippen LogP contribution is -2.34. The van der Waals surface area contributed by atoms with Crippen LogP contribution in [0.1, 0.15) is 56.1 Å². The molecule has 1 saturated carbocycles. The van der Waals surface area contributed by atoms with Crippen molar-refractivity contribution in [3.8, 4) is 0 Å². The van der Waals surface area contributed by atoms with Crippen LogP contribution in [0.5, 0.6) is 0 Å². The Bertz CT molecular complexity index is 337. The van der Waals surface area contributed by atoms with Gasteiger partial charge in [0, 0.05) is 5.54 Å². The van der Waals surface area contributed by atoms with Gasteiger partial charge < -0.3 is 5.73 Å². The van der Waals surface area contributed by atoms with Gasteiger partial charge in [0.05, 0.1) is 0 Å². The molecule has 0 aliphatic heterocycles. The zero-order chi connectivity index (χ0) is 11.6. The second-order valence-corrected chi connectivity index (χ2v) is 5.69. The second kappa shape index (κ2) is 4.58. The molecule has 0 bridgehead atoms. The molecule has 0 saturated heterocycles. The van der Waals surface area contributed by atoms with E-state index in [1.54, 1.807) is 0 Å². The van der Waals surface area contributed by atoms with E-state index in [0.717, 1.165) is 12.3 Å². The third-order valence-electron chi connectivity index (χ3n) is 3.91. The number of hydrogen-bond donors (Lipinski definition) is 1. The zero-order valence-electron chi connectivity index (χ0n) is 10.5. The van der Waals surface area contributed by atoms with Crippen molar-refractivity contribution in [2.24, 2.45) is 5.73 Å². The normalized spacial score (nSPS) is 31.1. The van der Waals surface area contributed by atoms with Gasteiger partial charge in [-0.05, 0) is 51.0 Å². The van der Waals surface area contributed by atoms with Crippen LogP contribution in [0.2, 0.25) is 0 Å². The molecule has 88 valence electrons. The van der Waals surface area contributed by atoms with Crippen LogP contribution in [0.25, 0.3) is 0 Å². The molecule has 1 aromatic rings. The predicted octanol–water partition coefficient (Wildman–Crippen LogP) is 3.76. The number of hydrogen-bond acceptors (Lipinski definition) is 1. The number of nitrogens with two attached hydrogens (primary N) is 1. The molecule has 0 heterocycles. The Morgan fingerprint density at radius 3 is 2.50 bits per heavy atom. The zero-order valence-corrected chi connectivity index (χ0v) is 10.5. The highest BCUT2D eigenvalue weighted by atomic mass is 14.7. The van der Waals surface area contributed by atoms with Crippen molar-refractivity contribution < 1.29 is 0 Å². The fourth-order valence-corrected chi connectivity index (χ4v) is 2.70. The summed E-state index contributed by atoms with van der Waals surface area (Å²) in [4.78, 5) is 0. The largest absolute Gasteiger partial charge is 0.325 e. The van der Waals surface area contributed by atoms with Crippen molar-refractivity contribution in [1.82, 2.24) is 0 Å². The van der Waals surface area contributed by atoms with Crippen molar-refractivity contribution in [3.63, 3.8) is 0 Å². The summed E-state index contributed by atoms with van der Waals surface area (Å²) in [7, 11) is 0. The van der Waals surface area contributed by atoms with Crippen LogP contribution in [0, 0.1) is 6.92 Å². The smallest absolute Gasteiger partial charge is 0.0126 e. The van der Waals surface area contributed by atoms with Crippen LogP contribution in [0.3, 0.4) is 0 Å². The van der Waals surface area contributed by atoms with E-state index in [4.69, 9.17) is 5.73 Å². The summed E-state index contributed by atoms with van der Waals surface area (Å²) in [6.45, 7) is 4.35. The minimum Gasteiger partial charge on any atom is -0.325 e. The van der Waals surface area contributed by atoms with Crippen molar-refractivity contribution in [1.29, 1.82) is 0 Å². The van der Waals surface area contributed by atoms with E-state index in [2.05, 4.69) is 38.1 Å². The van der Waals surface area contributed by atoms with E-state index < -0.39 is 0 Å². The van der Waals surface area contributed by atoms with Gasteiger partial charge in [-0.1, -0.05) is 36.2 Å². The molecule has 0 radical (unpaired) electrons. The Balaban J connectivity index is 2.08. The first-order chi connectivity index (χ1) is 7.57. The molecule has 1 fully saturated rings. The number of rotatable bonds is 1. The Kier molecular flexibility index (Phi) is 3.34. The van der Waals surface area contributed by atoms with E-state index in [1.165, 1.54) is 36.8 Å². The molecule has 2 atom stereocenters. The van der Waals surface area contributed by atoms with Crippen molar-refractivity contribution in [2.75, 3.05) is 0 Å². The lowest BCUT2D eigenvalue weighted by molar-refractivity contribution is 0.407. The molecule has 1 heteroatoms. The van der Waals surface area contributed by atoms with Gasteiger partial charge >= 0.3 is 0 Å². The van der Waals surface area contributed by atoms with Crippen LogP contribution < -0.4 is 5.73 Å². The van der Waals surface area contributed by atoms with E-state index in [9.17, 15) is 0 Å². The summed E-state index contributed by atoms with van der Waals surface area (Å²) in [5.74, 6) is 0.728. The van der Waals surface area contributed by atoms with Gasteiger partial charge in [0.15, 0.2) is 0 Å². The standard InChI is InChI=1S/C15H23N/c1-12-5-7-14(8-6-12)13-4-3-10-15(2,16)11-9-13/h5-8,13H,3-4,9-11,16H2,1-2H3. The molecule has 1 aliphatic rings. The van der Waals surface area contributed by atoms with Gasteiger partial charge in [0.25, 0.3) is 0 Å². The Labute approximate surface area is 99.0 Å². The Morgan fingerprint density at radius 2 is 1.81 bits per heavy atom. The lowest BCUT2D eigenvalue weighted by atomic mass is 9.89. The molecule has 2 rings (SSSR count). The molecular formula is C15H23N. The molecule has 1 aliphatic carbocycles. The van der Waals surface area contributed by atoms with Crippen molar-refractivity contribution in [3.05, 3.63) is 35.4 Å². The van der Waals surface area contributed by atoms with Crippen molar-refractivity contribution >= 4 is 0 Å². The Morgan fingerprint density at radius 1 is 1.12 bits per heavy atom. The average Bonchev–Trinajstić information content (AvgIpc) is 2.41. The van der Waals surface area contributed by atoms with Crippen LogP contribution >= 0.6 is 0 Å². The molecule has 0 aromatic heterocycles.